The van der Waals surface area contributed by atoms with Gasteiger partial charge in [0.15, 0.2) is 0 Å². The van der Waals surface area contributed by atoms with E-state index >= 15 is 0 Å². The van der Waals surface area contributed by atoms with Crippen LogP contribution in [0, 0.1) is 0 Å². The second-order valence-electron chi connectivity index (χ2n) is 2.67. The van der Waals surface area contributed by atoms with E-state index < -0.39 is 0 Å². The minimum Gasteiger partial charge on any atom is -0.492 e. The van der Waals surface area contributed by atoms with Gasteiger partial charge in [0.2, 0.25) is 0 Å². The first-order valence-corrected chi connectivity index (χ1v) is 5.36. The quantitative estimate of drug-likeness (QED) is 0.849. The SMILES string of the molecule is CCCOc1ccc(Br)nc1.CNC. The number of nitrogens with zero attached hydrogens (tertiary/aromatic N) is 1. The van der Waals surface area contributed by atoms with Crippen molar-refractivity contribution in [2.45, 2.75) is 13.3 Å². The fourth-order valence-corrected chi connectivity index (χ4v) is 0.902. The van der Waals surface area contributed by atoms with E-state index in [1.54, 1.807) is 6.20 Å². The third-order valence-electron chi connectivity index (χ3n) is 1.17. The third kappa shape index (κ3) is 6.86. The van der Waals surface area contributed by atoms with E-state index in [1.165, 1.54) is 0 Å². The Bertz CT molecular complexity index is 226. The monoisotopic (exact) mass is 260 g/mol. The number of nitrogens with one attached hydrogen (secondary N) is 1. The van der Waals surface area contributed by atoms with E-state index in [2.05, 4.69) is 33.2 Å². The van der Waals surface area contributed by atoms with Crippen LogP contribution in [0.25, 0.3) is 0 Å². The van der Waals surface area contributed by atoms with Crippen molar-refractivity contribution in [3.63, 3.8) is 0 Å². The number of ether oxygens (including phenoxy) is 1. The highest BCUT2D eigenvalue weighted by atomic mass is 79.9. The van der Waals surface area contributed by atoms with Gasteiger partial charge in [-0.15, -0.1) is 0 Å². The van der Waals surface area contributed by atoms with Crippen LogP contribution in [-0.2, 0) is 0 Å². The van der Waals surface area contributed by atoms with Crippen LogP contribution in [0.15, 0.2) is 22.9 Å². The van der Waals surface area contributed by atoms with Crippen molar-refractivity contribution in [3.8, 4) is 5.75 Å². The van der Waals surface area contributed by atoms with Crippen LogP contribution in [0.2, 0.25) is 0 Å². The van der Waals surface area contributed by atoms with Crippen molar-refractivity contribution in [2.75, 3.05) is 20.7 Å². The molecule has 4 heteroatoms. The molecule has 0 radical (unpaired) electrons. The van der Waals surface area contributed by atoms with Crippen LogP contribution in [-0.4, -0.2) is 25.7 Å². The molecule has 0 aliphatic heterocycles. The first kappa shape index (κ1) is 13.4. The lowest BCUT2D eigenvalue weighted by molar-refractivity contribution is 0.316. The minimum absolute atomic E-state index is 0.753. The smallest absolute Gasteiger partial charge is 0.137 e. The summed E-state index contributed by atoms with van der Waals surface area (Å²) in [6.07, 6.45) is 2.73. The molecule has 0 saturated carbocycles. The van der Waals surface area contributed by atoms with E-state index in [9.17, 15) is 0 Å². The van der Waals surface area contributed by atoms with E-state index in [0.29, 0.717) is 0 Å². The molecule has 1 aromatic heterocycles. The molecule has 0 aromatic carbocycles. The Morgan fingerprint density at radius 1 is 1.43 bits per heavy atom. The van der Waals surface area contributed by atoms with Gasteiger partial charge in [0.05, 0.1) is 12.8 Å². The predicted molar refractivity (Wildman–Crippen MR) is 62.7 cm³/mol. The molecule has 0 atom stereocenters. The number of hydrogen-bond donors (Lipinski definition) is 1. The molecule has 3 nitrogen and oxygen atoms in total. The summed E-state index contributed by atoms with van der Waals surface area (Å²) < 4.78 is 6.16. The molecule has 1 aromatic rings. The molecule has 14 heavy (non-hydrogen) atoms. The molecule has 1 heterocycles. The van der Waals surface area contributed by atoms with Gasteiger partial charge in [0, 0.05) is 0 Å². The average Bonchev–Trinajstić information content (AvgIpc) is 2.18. The lowest BCUT2D eigenvalue weighted by Crippen LogP contribution is -1.94. The standard InChI is InChI=1S/C8H10BrNO.C2H7N/c1-2-5-11-7-3-4-8(9)10-6-7;1-3-2/h3-4,6H,2,5H2,1H3;3H,1-2H3. The van der Waals surface area contributed by atoms with Gasteiger partial charge in [0.25, 0.3) is 0 Å². The van der Waals surface area contributed by atoms with Gasteiger partial charge in [-0.1, -0.05) is 6.92 Å². The van der Waals surface area contributed by atoms with Crippen molar-refractivity contribution in [2.24, 2.45) is 0 Å². The zero-order valence-electron chi connectivity index (χ0n) is 8.88. The summed E-state index contributed by atoms with van der Waals surface area (Å²) in [5.41, 5.74) is 0. The Hall–Kier alpha value is -0.610. The van der Waals surface area contributed by atoms with Gasteiger partial charge in [-0.2, -0.15) is 0 Å². The van der Waals surface area contributed by atoms with Crippen molar-refractivity contribution < 1.29 is 4.74 Å². The van der Waals surface area contributed by atoms with Gasteiger partial charge in [0.1, 0.15) is 10.4 Å². The van der Waals surface area contributed by atoms with Crippen LogP contribution in [0.4, 0.5) is 0 Å². The number of pyridine rings is 1. The maximum Gasteiger partial charge on any atom is 0.137 e. The van der Waals surface area contributed by atoms with E-state index in [1.807, 2.05) is 26.2 Å². The highest BCUT2D eigenvalue weighted by Gasteiger charge is 1.91. The van der Waals surface area contributed by atoms with Crippen molar-refractivity contribution in [1.29, 1.82) is 0 Å². The second-order valence-corrected chi connectivity index (χ2v) is 3.48. The molecule has 0 amide bonds. The molecule has 0 fully saturated rings. The van der Waals surface area contributed by atoms with Crippen LogP contribution < -0.4 is 10.1 Å². The van der Waals surface area contributed by atoms with Crippen molar-refractivity contribution in [1.82, 2.24) is 10.3 Å². The highest BCUT2D eigenvalue weighted by molar-refractivity contribution is 9.10. The molecule has 0 aliphatic rings. The number of rotatable bonds is 3. The van der Waals surface area contributed by atoms with Gasteiger partial charge in [-0.05, 0) is 48.6 Å². The molecule has 0 spiro atoms. The van der Waals surface area contributed by atoms with E-state index in [-0.39, 0.29) is 0 Å². The molecule has 0 bridgehead atoms. The summed E-state index contributed by atoms with van der Waals surface area (Å²) in [6, 6.07) is 3.76. The summed E-state index contributed by atoms with van der Waals surface area (Å²) >= 11 is 3.25. The summed E-state index contributed by atoms with van der Waals surface area (Å²) in [4.78, 5) is 4.02. The number of aromatic nitrogens is 1. The van der Waals surface area contributed by atoms with Crippen molar-refractivity contribution in [3.05, 3.63) is 22.9 Å². The van der Waals surface area contributed by atoms with Crippen LogP contribution >= 0.6 is 15.9 Å². The Balaban J connectivity index is 0.000000500. The summed E-state index contributed by atoms with van der Waals surface area (Å²) in [5, 5.41) is 2.75. The Morgan fingerprint density at radius 2 is 2.07 bits per heavy atom. The van der Waals surface area contributed by atoms with Gasteiger partial charge >= 0.3 is 0 Å². The fraction of sp³-hybridized carbons (Fsp3) is 0.500. The maximum absolute atomic E-state index is 5.33. The normalized spacial score (nSPS) is 8.86. The van der Waals surface area contributed by atoms with Gasteiger partial charge < -0.3 is 10.1 Å². The van der Waals surface area contributed by atoms with Crippen LogP contribution in [0.1, 0.15) is 13.3 Å². The Kier molecular flexibility index (Phi) is 8.57. The topological polar surface area (TPSA) is 34.1 Å². The number of halogens is 1. The van der Waals surface area contributed by atoms with Crippen molar-refractivity contribution >= 4 is 15.9 Å². The number of hydrogen-bond acceptors (Lipinski definition) is 3. The second kappa shape index (κ2) is 8.97. The molecule has 0 unspecified atom stereocenters. The molecule has 1 rings (SSSR count). The van der Waals surface area contributed by atoms with Crippen LogP contribution in [0.5, 0.6) is 5.75 Å². The third-order valence-corrected chi connectivity index (χ3v) is 1.64. The molecule has 1 N–H and O–H groups in total. The molecule has 80 valence electrons. The van der Waals surface area contributed by atoms with Crippen LogP contribution in [0.3, 0.4) is 0 Å². The zero-order chi connectivity index (χ0) is 10.8. The lowest BCUT2D eigenvalue weighted by atomic mass is 10.4. The summed E-state index contributed by atoms with van der Waals surface area (Å²) in [6.45, 7) is 2.83. The highest BCUT2D eigenvalue weighted by Crippen LogP contribution is 2.12. The van der Waals surface area contributed by atoms with E-state index in [0.717, 1.165) is 23.4 Å². The summed E-state index contributed by atoms with van der Waals surface area (Å²) in [7, 11) is 3.75. The molecule has 0 aliphatic carbocycles. The zero-order valence-corrected chi connectivity index (χ0v) is 10.5. The molecule has 0 saturated heterocycles. The average molecular weight is 261 g/mol. The molecular formula is C10H17BrN2O. The molecular weight excluding hydrogens is 244 g/mol. The first-order valence-electron chi connectivity index (χ1n) is 4.57. The Labute approximate surface area is 94.0 Å². The largest absolute Gasteiger partial charge is 0.492 e. The minimum atomic E-state index is 0.753. The first-order chi connectivity index (χ1) is 6.74. The lowest BCUT2D eigenvalue weighted by Gasteiger charge is -2.02. The Morgan fingerprint density at radius 3 is 2.50 bits per heavy atom. The fourth-order valence-electron chi connectivity index (χ4n) is 0.668. The van der Waals surface area contributed by atoms with E-state index in [4.69, 9.17) is 4.74 Å². The van der Waals surface area contributed by atoms with Gasteiger partial charge in [-0.25, -0.2) is 4.98 Å². The summed E-state index contributed by atoms with van der Waals surface area (Å²) in [5.74, 6) is 0.829. The maximum atomic E-state index is 5.33. The van der Waals surface area contributed by atoms with Gasteiger partial charge in [-0.3, -0.25) is 0 Å². The predicted octanol–water partition coefficient (Wildman–Crippen LogP) is 2.47.